The van der Waals surface area contributed by atoms with Crippen LogP contribution >= 0.6 is 47.2 Å². The number of carbonyl (C=O) groups is 2. The van der Waals surface area contributed by atoms with E-state index in [9.17, 15) is 9.59 Å². The van der Waals surface area contributed by atoms with Crippen molar-refractivity contribution in [3.63, 3.8) is 0 Å². The topological polar surface area (TPSA) is 66.8 Å². The van der Waals surface area contributed by atoms with Gasteiger partial charge in [0.15, 0.2) is 0 Å². The summed E-state index contributed by atoms with van der Waals surface area (Å²) in [5, 5.41) is 9.45. The van der Waals surface area contributed by atoms with Gasteiger partial charge in [-0.2, -0.15) is 0 Å². The summed E-state index contributed by atoms with van der Waals surface area (Å²) < 4.78 is 5.65. The van der Waals surface area contributed by atoms with Crippen LogP contribution in [0.4, 0.5) is 0 Å². The van der Waals surface area contributed by atoms with Gasteiger partial charge in [-0.3, -0.25) is 14.5 Å². The third-order valence-electron chi connectivity index (χ3n) is 3.17. The van der Waals surface area contributed by atoms with Crippen LogP contribution in [0.3, 0.4) is 0 Å². The first-order valence-electron chi connectivity index (χ1n) is 6.83. The number of amides is 1. The highest BCUT2D eigenvalue weighted by Gasteiger charge is 2.32. The number of methoxy groups -OCH3 is 1. The molecule has 0 atom stereocenters. The lowest BCUT2D eigenvalue weighted by Crippen LogP contribution is -2.29. The fourth-order valence-electron chi connectivity index (χ4n) is 2.13. The number of carbonyl (C=O) groups excluding carboxylic acids is 1. The van der Waals surface area contributed by atoms with Gasteiger partial charge in [0.05, 0.1) is 17.0 Å². The molecule has 1 amide bonds. The van der Waals surface area contributed by atoms with Crippen LogP contribution in [0.1, 0.15) is 18.4 Å². The van der Waals surface area contributed by atoms with E-state index in [-0.39, 0.29) is 18.9 Å². The van der Waals surface area contributed by atoms with Gasteiger partial charge in [0, 0.05) is 23.6 Å². The van der Waals surface area contributed by atoms with Gasteiger partial charge >= 0.3 is 5.97 Å². The third-order valence-corrected chi connectivity index (χ3v) is 5.05. The number of aliphatic carboxylic acids is 1. The minimum atomic E-state index is -0.908. The van der Waals surface area contributed by atoms with E-state index in [1.807, 2.05) is 0 Å². The van der Waals surface area contributed by atoms with Gasteiger partial charge in [0.25, 0.3) is 5.91 Å². The van der Waals surface area contributed by atoms with Gasteiger partial charge in [-0.1, -0.05) is 47.2 Å². The van der Waals surface area contributed by atoms with Gasteiger partial charge in [-0.25, -0.2) is 0 Å². The van der Waals surface area contributed by atoms with Crippen molar-refractivity contribution in [1.29, 1.82) is 0 Å². The Balaban J connectivity index is 2.24. The van der Waals surface area contributed by atoms with Gasteiger partial charge in [-0.05, 0) is 24.6 Å². The second-order valence-electron chi connectivity index (χ2n) is 4.84. The summed E-state index contributed by atoms with van der Waals surface area (Å²) >= 11 is 18.4. The summed E-state index contributed by atoms with van der Waals surface area (Å²) in [7, 11) is 1.48. The van der Waals surface area contributed by atoms with Crippen molar-refractivity contribution < 1.29 is 19.4 Å². The molecule has 1 fully saturated rings. The lowest BCUT2D eigenvalue weighted by atomic mass is 10.1. The fourth-order valence-corrected chi connectivity index (χ4v) is 4.01. The first kappa shape index (κ1) is 19.1. The molecule has 0 spiro atoms. The Labute approximate surface area is 158 Å². The van der Waals surface area contributed by atoms with E-state index in [0.29, 0.717) is 37.0 Å². The average molecular weight is 406 g/mol. The Kier molecular flexibility index (Phi) is 6.51. The van der Waals surface area contributed by atoms with E-state index in [1.165, 1.54) is 12.0 Å². The Morgan fingerprint density at radius 2 is 2.17 bits per heavy atom. The number of carboxylic acids is 1. The second-order valence-corrected chi connectivity index (χ2v) is 7.36. The Morgan fingerprint density at radius 3 is 2.79 bits per heavy atom. The molecule has 0 radical (unpaired) electrons. The fraction of sp³-hybridized carbons (Fsp3) is 0.267. The van der Waals surface area contributed by atoms with Crippen LogP contribution in [-0.4, -0.2) is 39.9 Å². The smallest absolute Gasteiger partial charge is 0.303 e. The molecule has 1 N–H and O–H groups in total. The molecule has 24 heavy (non-hydrogen) atoms. The third kappa shape index (κ3) is 4.42. The van der Waals surface area contributed by atoms with E-state index in [0.717, 1.165) is 11.8 Å². The molecule has 0 aliphatic carbocycles. The molecule has 1 aromatic rings. The summed E-state index contributed by atoms with van der Waals surface area (Å²) in [5.74, 6) is -0.764. The van der Waals surface area contributed by atoms with Crippen LogP contribution in [0.5, 0.6) is 5.75 Å². The molecule has 1 aliphatic rings. The van der Waals surface area contributed by atoms with Crippen LogP contribution in [0.2, 0.25) is 10.0 Å². The summed E-state index contributed by atoms with van der Waals surface area (Å²) in [6.07, 6.45) is 1.93. The van der Waals surface area contributed by atoms with E-state index in [4.69, 9.17) is 45.3 Å². The number of rotatable bonds is 6. The van der Waals surface area contributed by atoms with Crippen molar-refractivity contribution >= 4 is 69.5 Å². The molecule has 1 aliphatic heterocycles. The van der Waals surface area contributed by atoms with Gasteiger partial charge in [-0.15, -0.1) is 0 Å². The van der Waals surface area contributed by atoms with Crippen molar-refractivity contribution in [2.45, 2.75) is 12.8 Å². The molecule has 2 rings (SSSR count). The Morgan fingerprint density at radius 1 is 1.46 bits per heavy atom. The molecule has 1 saturated heterocycles. The number of halogens is 2. The largest absolute Gasteiger partial charge is 0.495 e. The van der Waals surface area contributed by atoms with E-state index in [1.54, 1.807) is 18.2 Å². The molecule has 0 aromatic heterocycles. The summed E-state index contributed by atoms with van der Waals surface area (Å²) in [6, 6.07) is 3.19. The number of hydrogen-bond acceptors (Lipinski definition) is 5. The minimum Gasteiger partial charge on any atom is -0.495 e. The van der Waals surface area contributed by atoms with Crippen LogP contribution in [0.15, 0.2) is 17.0 Å². The molecule has 0 bridgehead atoms. The summed E-state index contributed by atoms with van der Waals surface area (Å²) in [4.78, 5) is 24.9. The second kappa shape index (κ2) is 8.20. The van der Waals surface area contributed by atoms with Crippen LogP contribution in [-0.2, 0) is 9.59 Å². The maximum atomic E-state index is 12.5. The zero-order valence-electron chi connectivity index (χ0n) is 12.5. The highest BCUT2D eigenvalue weighted by atomic mass is 35.5. The number of carboxylic acid groups (broad SMARTS) is 1. The quantitative estimate of drug-likeness (QED) is 0.568. The zero-order valence-corrected chi connectivity index (χ0v) is 15.7. The molecule has 1 heterocycles. The van der Waals surface area contributed by atoms with E-state index >= 15 is 0 Å². The highest BCUT2D eigenvalue weighted by molar-refractivity contribution is 8.26. The SMILES string of the molecule is COc1c(Cl)cc(Cl)cc1/C=C1\SC(=S)N(CCCC(=O)O)C1=O. The van der Waals surface area contributed by atoms with Crippen molar-refractivity contribution in [2.75, 3.05) is 13.7 Å². The molecule has 1 aromatic carbocycles. The van der Waals surface area contributed by atoms with Crippen molar-refractivity contribution in [3.05, 3.63) is 32.6 Å². The van der Waals surface area contributed by atoms with Gasteiger partial charge < -0.3 is 9.84 Å². The molecule has 0 saturated carbocycles. The predicted molar refractivity (Wildman–Crippen MR) is 99.8 cm³/mol. The van der Waals surface area contributed by atoms with Gasteiger partial charge in [0.1, 0.15) is 10.1 Å². The standard InChI is InChI=1S/C15H13Cl2NO4S2/c1-22-13-8(5-9(16)7-10(13)17)6-11-14(21)18(15(23)24-11)4-2-3-12(19)20/h5-7H,2-4H2,1H3,(H,19,20)/b11-6-. The Bertz CT molecular complexity index is 736. The molecular formula is C15H13Cl2NO4S2. The predicted octanol–water partition coefficient (Wildman–Crippen LogP) is 4.07. The lowest BCUT2D eigenvalue weighted by Gasteiger charge is -2.13. The van der Waals surface area contributed by atoms with Crippen LogP contribution in [0.25, 0.3) is 6.08 Å². The minimum absolute atomic E-state index is 0.0200. The maximum absolute atomic E-state index is 12.5. The summed E-state index contributed by atoms with van der Waals surface area (Å²) in [6.45, 7) is 0.266. The number of thioether (sulfide) groups is 1. The Hall–Kier alpha value is -1.28. The number of benzene rings is 1. The maximum Gasteiger partial charge on any atom is 0.303 e. The van der Waals surface area contributed by atoms with Crippen LogP contribution in [0, 0.1) is 0 Å². The number of thiocarbonyl (C=S) groups is 1. The first-order chi connectivity index (χ1) is 11.3. The van der Waals surface area contributed by atoms with E-state index < -0.39 is 5.97 Å². The molecule has 5 nitrogen and oxygen atoms in total. The number of ether oxygens (including phenoxy) is 1. The average Bonchev–Trinajstić information content (AvgIpc) is 2.74. The molecule has 9 heteroatoms. The van der Waals surface area contributed by atoms with Crippen molar-refractivity contribution in [1.82, 2.24) is 4.90 Å². The summed E-state index contributed by atoms with van der Waals surface area (Å²) in [5.41, 5.74) is 0.570. The number of hydrogen-bond donors (Lipinski definition) is 1. The lowest BCUT2D eigenvalue weighted by molar-refractivity contribution is -0.137. The van der Waals surface area contributed by atoms with Gasteiger partial charge in [0.2, 0.25) is 0 Å². The monoisotopic (exact) mass is 405 g/mol. The molecule has 0 unspecified atom stereocenters. The highest BCUT2D eigenvalue weighted by Crippen LogP contribution is 2.38. The van der Waals surface area contributed by atoms with Crippen molar-refractivity contribution in [2.24, 2.45) is 0 Å². The normalized spacial score (nSPS) is 16.1. The molecule has 128 valence electrons. The van der Waals surface area contributed by atoms with E-state index in [2.05, 4.69) is 0 Å². The van der Waals surface area contributed by atoms with Crippen LogP contribution < -0.4 is 4.74 Å². The number of nitrogens with zero attached hydrogens (tertiary/aromatic N) is 1. The molecular weight excluding hydrogens is 393 g/mol. The zero-order chi connectivity index (χ0) is 17.9. The van der Waals surface area contributed by atoms with Crippen molar-refractivity contribution in [3.8, 4) is 5.75 Å². The first-order valence-corrected chi connectivity index (χ1v) is 8.81.